The number of esters is 1. The molecule has 0 spiro atoms. The van der Waals surface area contributed by atoms with Crippen LogP contribution in [0.25, 0.3) is 0 Å². The molecule has 1 aromatic heterocycles. The van der Waals surface area contributed by atoms with Crippen molar-refractivity contribution in [3.05, 3.63) is 46.5 Å². The molecule has 0 amide bonds. The van der Waals surface area contributed by atoms with Crippen LogP contribution in [0, 0.1) is 0 Å². The molecule has 0 unspecified atom stereocenters. The van der Waals surface area contributed by atoms with Crippen LogP contribution in [0.4, 0.5) is 5.13 Å². The molecule has 1 saturated carbocycles. The summed E-state index contributed by atoms with van der Waals surface area (Å²) in [4.78, 5) is 15.7. The second kappa shape index (κ2) is 7.37. The van der Waals surface area contributed by atoms with E-state index < -0.39 is 0 Å². The Balaban J connectivity index is 1.54. The van der Waals surface area contributed by atoms with E-state index in [0.29, 0.717) is 17.4 Å². The molecule has 5 nitrogen and oxygen atoms in total. The lowest BCUT2D eigenvalue weighted by molar-refractivity contribution is -0.142. The van der Waals surface area contributed by atoms with E-state index in [0.717, 1.165) is 11.5 Å². The van der Waals surface area contributed by atoms with Crippen molar-refractivity contribution in [2.45, 2.75) is 32.1 Å². The van der Waals surface area contributed by atoms with Crippen molar-refractivity contribution >= 4 is 28.7 Å². The zero-order valence-corrected chi connectivity index (χ0v) is 13.8. The van der Waals surface area contributed by atoms with Crippen molar-refractivity contribution in [3.8, 4) is 0 Å². The second-order valence-corrected chi connectivity index (χ2v) is 6.30. The fourth-order valence-electron chi connectivity index (χ4n) is 2.27. The molecule has 0 bridgehead atoms. The number of rotatable bonds is 7. The first-order valence-corrected chi connectivity index (χ1v) is 8.61. The van der Waals surface area contributed by atoms with Gasteiger partial charge in [-0.2, -0.15) is 5.10 Å². The summed E-state index contributed by atoms with van der Waals surface area (Å²) in [6.45, 7) is 2.18. The number of ether oxygens (including phenoxy) is 1. The summed E-state index contributed by atoms with van der Waals surface area (Å²) < 4.78 is 4.91. The van der Waals surface area contributed by atoms with Crippen LogP contribution < -0.4 is 5.43 Å². The number of hydrogen-bond acceptors (Lipinski definition) is 6. The van der Waals surface area contributed by atoms with Crippen molar-refractivity contribution in [1.29, 1.82) is 0 Å². The number of hydrogen-bond donors (Lipinski definition) is 1. The van der Waals surface area contributed by atoms with Gasteiger partial charge in [0.05, 0.1) is 24.9 Å². The van der Waals surface area contributed by atoms with Crippen molar-refractivity contribution in [2.75, 3.05) is 12.0 Å². The molecular formula is C17H19N3O2S. The van der Waals surface area contributed by atoms with Crippen molar-refractivity contribution in [1.82, 2.24) is 4.98 Å². The number of anilines is 1. The van der Waals surface area contributed by atoms with Gasteiger partial charge in [0.1, 0.15) is 0 Å². The number of hydrazone groups is 1. The summed E-state index contributed by atoms with van der Waals surface area (Å²) in [5.74, 6) is 0.477. The molecule has 3 rings (SSSR count). The molecule has 120 valence electrons. The molecule has 1 aliphatic rings. The molecule has 6 heteroatoms. The first kappa shape index (κ1) is 15.7. The third-order valence-electron chi connectivity index (χ3n) is 3.52. The van der Waals surface area contributed by atoms with Crippen molar-refractivity contribution in [3.63, 3.8) is 0 Å². The molecule has 1 N–H and O–H groups in total. The number of carbonyl (C=O) groups is 1. The van der Waals surface area contributed by atoms with E-state index in [1.807, 2.05) is 11.4 Å². The van der Waals surface area contributed by atoms with Crippen molar-refractivity contribution < 1.29 is 9.53 Å². The number of aromatic nitrogens is 1. The summed E-state index contributed by atoms with van der Waals surface area (Å²) >= 11 is 1.42. The number of nitrogens with zero attached hydrogens (tertiary/aromatic N) is 2. The smallest absolute Gasteiger partial charge is 0.311 e. The highest BCUT2D eigenvalue weighted by Crippen LogP contribution is 2.39. The average molecular weight is 329 g/mol. The summed E-state index contributed by atoms with van der Waals surface area (Å²) in [6, 6.07) is 8.45. The third-order valence-corrected chi connectivity index (χ3v) is 4.31. The highest BCUT2D eigenvalue weighted by molar-refractivity contribution is 7.13. The highest BCUT2D eigenvalue weighted by Gasteiger charge is 2.23. The third kappa shape index (κ3) is 4.63. The Morgan fingerprint density at radius 1 is 1.52 bits per heavy atom. The summed E-state index contributed by atoms with van der Waals surface area (Å²) in [5.41, 5.74) is 6.07. The molecule has 1 aromatic carbocycles. The van der Waals surface area contributed by atoms with E-state index in [4.69, 9.17) is 4.74 Å². The van der Waals surface area contributed by atoms with Crippen LogP contribution in [0.3, 0.4) is 0 Å². The van der Waals surface area contributed by atoms with E-state index in [1.165, 1.54) is 29.7 Å². The first-order valence-electron chi connectivity index (χ1n) is 7.73. The molecule has 23 heavy (non-hydrogen) atoms. The second-order valence-electron chi connectivity index (χ2n) is 5.44. The zero-order chi connectivity index (χ0) is 16.1. The van der Waals surface area contributed by atoms with Crippen molar-refractivity contribution in [2.24, 2.45) is 5.10 Å². The maximum atomic E-state index is 11.4. The van der Waals surface area contributed by atoms with Gasteiger partial charge in [-0.25, -0.2) is 4.98 Å². The SMILES string of the molecule is CCOC(=O)Cc1csc(NN=Cc2cccc(C3CC3)c2)n1. The van der Waals surface area contributed by atoms with Crippen LogP contribution in [-0.2, 0) is 16.0 Å². The normalized spacial score (nSPS) is 14.1. The number of benzene rings is 1. The van der Waals surface area contributed by atoms with Gasteiger partial charge in [0.25, 0.3) is 0 Å². The Labute approximate surface area is 139 Å². The monoisotopic (exact) mass is 329 g/mol. The Morgan fingerprint density at radius 2 is 2.39 bits per heavy atom. The van der Waals surface area contributed by atoms with Gasteiger partial charge in [-0.15, -0.1) is 11.3 Å². The van der Waals surface area contributed by atoms with Gasteiger partial charge in [0.15, 0.2) is 0 Å². The lowest BCUT2D eigenvalue weighted by Crippen LogP contribution is -2.07. The Morgan fingerprint density at radius 3 is 3.17 bits per heavy atom. The fraction of sp³-hybridized carbons (Fsp3) is 0.353. The highest BCUT2D eigenvalue weighted by atomic mass is 32.1. The van der Waals surface area contributed by atoms with Crippen LogP contribution in [0.2, 0.25) is 0 Å². The maximum Gasteiger partial charge on any atom is 0.311 e. The Hall–Kier alpha value is -2.21. The summed E-state index contributed by atoms with van der Waals surface area (Å²) in [6.07, 6.45) is 4.57. The molecule has 1 aliphatic carbocycles. The molecular weight excluding hydrogens is 310 g/mol. The molecule has 2 aromatic rings. The van der Waals surface area contributed by atoms with E-state index in [2.05, 4.69) is 33.7 Å². The van der Waals surface area contributed by atoms with Gasteiger partial charge in [-0.3, -0.25) is 10.2 Å². The quantitative estimate of drug-likeness (QED) is 0.479. The molecule has 0 atom stereocenters. The van der Waals surface area contributed by atoms with Crippen LogP contribution in [-0.4, -0.2) is 23.8 Å². The van der Waals surface area contributed by atoms with Crippen LogP contribution >= 0.6 is 11.3 Å². The Kier molecular flexibility index (Phi) is 5.02. The summed E-state index contributed by atoms with van der Waals surface area (Å²) in [7, 11) is 0. The predicted octanol–water partition coefficient (Wildman–Crippen LogP) is 3.57. The zero-order valence-electron chi connectivity index (χ0n) is 13.0. The lowest BCUT2D eigenvalue weighted by atomic mass is 10.1. The van der Waals surface area contributed by atoms with Crippen LogP contribution in [0.5, 0.6) is 0 Å². The molecule has 0 aliphatic heterocycles. The minimum atomic E-state index is -0.259. The van der Waals surface area contributed by atoms with Crippen LogP contribution in [0.1, 0.15) is 42.5 Å². The van der Waals surface area contributed by atoms with Gasteiger partial charge >= 0.3 is 5.97 Å². The van der Waals surface area contributed by atoms with Gasteiger partial charge < -0.3 is 4.74 Å². The maximum absolute atomic E-state index is 11.4. The Bertz CT molecular complexity index is 707. The molecule has 1 fully saturated rings. The topological polar surface area (TPSA) is 63.6 Å². The minimum absolute atomic E-state index is 0.194. The first-order chi connectivity index (χ1) is 11.2. The largest absolute Gasteiger partial charge is 0.466 e. The number of thiazole rings is 1. The number of nitrogens with one attached hydrogen (secondary N) is 1. The predicted molar refractivity (Wildman–Crippen MR) is 92.1 cm³/mol. The molecule has 1 heterocycles. The van der Waals surface area contributed by atoms with Gasteiger partial charge in [0, 0.05) is 5.38 Å². The van der Waals surface area contributed by atoms with Gasteiger partial charge in [-0.05, 0) is 42.9 Å². The van der Waals surface area contributed by atoms with E-state index in [9.17, 15) is 4.79 Å². The van der Waals surface area contributed by atoms with Gasteiger partial charge in [0.2, 0.25) is 5.13 Å². The fourth-order valence-corrected chi connectivity index (χ4v) is 2.93. The minimum Gasteiger partial charge on any atom is -0.466 e. The molecule has 0 saturated heterocycles. The van der Waals surface area contributed by atoms with E-state index >= 15 is 0 Å². The standard InChI is InChI=1S/C17H19N3O2S/c1-2-22-16(21)9-15-11-23-17(19-15)20-18-10-12-4-3-5-14(8-12)13-6-7-13/h3-5,8,10-11,13H,2,6-7,9H2,1H3,(H,19,20). The van der Waals surface area contributed by atoms with Gasteiger partial charge in [-0.1, -0.05) is 18.2 Å². The lowest BCUT2D eigenvalue weighted by Gasteiger charge is -1.99. The summed E-state index contributed by atoms with van der Waals surface area (Å²) in [5, 5.41) is 6.72. The number of carbonyl (C=O) groups excluding carboxylic acids is 1. The molecule has 0 radical (unpaired) electrons. The average Bonchev–Trinajstić information content (AvgIpc) is 3.30. The van der Waals surface area contributed by atoms with E-state index in [1.54, 1.807) is 13.1 Å². The van der Waals surface area contributed by atoms with Crippen LogP contribution in [0.15, 0.2) is 34.7 Å². The van der Waals surface area contributed by atoms with E-state index in [-0.39, 0.29) is 12.4 Å².